The lowest BCUT2D eigenvalue weighted by atomic mass is 9.87. The van der Waals surface area contributed by atoms with E-state index in [1.54, 1.807) is 19.9 Å². The number of rotatable bonds is 4. The molecule has 1 saturated heterocycles. The first-order chi connectivity index (χ1) is 23.7. The molecule has 266 valence electrons. The van der Waals surface area contributed by atoms with Crippen LogP contribution in [0.5, 0.6) is 5.75 Å². The second kappa shape index (κ2) is 12.4. The van der Waals surface area contributed by atoms with Crippen molar-refractivity contribution in [1.29, 1.82) is 0 Å². The molecule has 50 heavy (non-hydrogen) atoms. The second-order valence-corrected chi connectivity index (χ2v) is 16.6. The number of allylic oxidation sites excluding steroid dienone is 2. The molecule has 1 saturated carbocycles. The molecule has 4 heterocycles. The van der Waals surface area contributed by atoms with Gasteiger partial charge in [-0.2, -0.15) is 0 Å². The van der Waals surface area contributed by atoms with Gasteiger partial charge in [0, 0.05) is 55.0 Å². The zero-order valence-electron chi connectivity index (χ0n) is 28.0. The molecule has 1 aromatic carbocycles. The summed E-state index contributed by atoms with van der Waals surface area (Å²) in [6, 6.07) is 2.28. The molecule has 2 aliphatic carbocycles. The summed E-state index contributed by atoms with van der Waals surface area (Å²) in [6.45, 7) is 3.30. The number of carbonyl (C=O) groups excluding carboxylic acids is 3. The van der Waals surface area contributed by atoms with Crippen molar-refractivity contribution in [1.82, 2.24) is 19.9 Å². The number of Topliss-reactive ketones (excluding diaryl/α,β-unsaturated/α-hetero) is 1. The summed E-state index contributed by atoms with van der Waals surface area (Å²) in [5.74, 6) is -2.93. The van der Waals surface area contributed by atoms with Gasteiger partial charge in [0.2, 0.25) is 21.8 Å². The molecule has 3 amide bonds. The number of ether oxygens (including phenoxy) is 1. The maximum atomic E-state index is 14.4. The third kappa shape index (κ3) is 6.24. The van der Waals surface area contributed by atoms with Crippen LogP contribution in [-0.2, 0) is 30.8 Å². The van der Waals surface area contributed by atoms with Crippen molar-refractivity contribution in [2.24, 2.45) is 10.9 Å². The Morgan fingerprint density at radius 2 is 1.86 bits per heavy atom. The van der Waals surface area contributed by atoms with Crippen LogP contribution in [0.1, 0.15) is 88.8 Å². The number of nitrogens with zero attached hydrogens (tertiary/aromatic N) is 3. The molecule has 3 N–H and O–H groups in total. The minimum atomic E-state index is -4.01. The van der Waals surface area contributed by atoms with Crippen LogP contribution in [0.4, 0.5) is 9.18 Å². The van der Waals surface area contributed by atoms with Gasteiger partial charge in [0.25, 0.3) is 0 Å². The van der Waals surface area contributed by atoms with Gasteiger partial charge in [-0.05, 0) is 76.1 Å². The molecule has 1 aromatic heterocycles. The van der Waals surface area contributed by atoms with Gasteiger partial charge in [-0.25, -0.2) is 22.6 Å². The van der Waals surface area contributed by atoms with Crippen molar-refractivity contribution in [3.8, 4) is 5.75 Å². The van der Waals surface area contributed by atoms with Crippen LogP contribution in [0.3, 0.4) is 0 Å². The molecule has 2 aromatic rings. The molecule has 0 radical (unpaired) electrons. The highest BCUT2D eigenvalue weighted by Crippen LogP contribution is 2.47. The number of nitrogens with one attached hydrogen (secondary N) is 2. The first-order valence-electron chi connectivity index (χ1n) is 17.1. The van der Waals surface area contributed by atoms with Crippen molar-refractivity contribution >= 4 is 50.8 Å². The van der Waals surface area contributed by atoms with Gasteiger partial charge >= 0.3 is 6.09 Å². The van der Waals surface area contributed by atoms with Crippen molar-refractivity contribution in [2.45, 2.75) is 113 Å². The molecule has 15 heteroatoms. The van der Waals surface area contributed by atoms with Gasteiger partial charge in [0.05, 0.1) is 34.0 Å². The average molecular weight is 710 g/mol. The van der Waals surface area contributed by atoms with Gasteiger partial charge in [-0.3, -0.25) is 29.0 Å². The van der Waals surface area contributed by atoms with Gasteiger partial charge in [-0.1, -0.05) is 6.42 Å². The summed E-state index contributed by atoms with van der Waals surface area (Å²) in [6.07, 6.45) is 3.92. The standard InChI is InChI=1S/C35H40FN5O8S/c1-19-31-22(23-16-21(36)7-8-25(23)38-19)9-11-35(49-31)12-10-29(42)26(39-33(45)46)6-4-3-5-20-15-27(20)37-18-28-24(17-30(43)41(28)35)32(44)40-50(47,48)34(2)13-14-34/h7-8,16,18,24,26,28,39H,3-6,9-15,17H2,1-2H3,(H,40,44)(H,45,46)/b37-18-/t24-,26-,28+,35+/m0/s1. The molecule has 7 rings (SSSR count). The Kier molecular flexibility index (Phi) is 8.47. The van der Waals surface area contributed by atoms with E-state index in [2.05, 4.69) is 15.0 Å². The van der Waals surface area contributed by atoms with Gasteiger partial charge in [-0.15, -0.1) is 0 Å². The zero-order chi connectivity index (χ0) is 35.6. The highest BCUT2D eigenvalue weighted by molar-refractivity contribution is 7.91. The number of hydrogen-bond donors (Lipinski definition) is 3. The minimum absolute atomic E-state index is 0.0571. The SMILES string of the molecule is Cc1nc2ccc(F)cc2c2c1O[C@@]1(CCC(=O)[C@@H](NC(=O)O)CCCCC3=C(C3)/N=C\[C@@H]3[C@@H](C(=O)NS(=O)(=O)C4(C)CC4)CC(=O)N31)CC2. The Labute approximate surface area is 288 Å². The normalized spacial score (nSPS) is 28.5. The number of fused-ring (bicyclic) bond motifs is 5. The lowest BCUT2D eigenvalue weighted by Gasteiger charge is -2.47. The lowest BCUT2D eigenvalue weighted by molar-refractivity contribution is -0.157. The topological polar surface area (TPSA) is 184 Å². The number of benzene rings is 1. The third-order valence-electron chi connectivity index (χ3n) is 10.9. The van der Waals surface area contributed by atoms with Gasteiger partial charge in [0.1, 0.15) is 11.6 Å². The first kappa shape index (κ1) is 34.1. The van der Waals surface area contributed by atoms with Crippen molar-refractivity contribution in [3.05, 3.63) is 46.5 Å². The van der Waals surface area contributed by atoms with E-state index in [1.807, 2.05) is 0 Å². The van der Waals surface area contributed by atoms with Crippen LogP contribution in [0.15, 0.2) is 34.5 Å². The smallest absolute Gasteiger partial charge is 0.405 e. The Morgan fingerprint density at radius 3 is 2.60 bits per heavy atom. The number of aliphatic imine (C=N–C) groups is 1. The number of ketones is 1. The van der Waals surface area contributed by atoms with Crippen LogP contribution in [-0.4, -0.2) is 75.9 Å². The van der Waals surface area contributed by atoms with Crippen LogP contribution >= 0.6 is 0 Å². The fourth-order valence-corrected chi connectivity index (χ4v) is 8.92. The number of sulfonamides is 1. The Balaban J connectivity index is 1.32. The molecule has 2 fully saturated rings. The van der Waals surface area contributed by atoms with Crippen LogP contribution in [0.25, 0.3) is 10.9 Å². The quantitative estimate of drug-likeness (QED) is 0.419. The number of hydrogen-bond acceptors (Lipinski definition) is 9. The highest BCUT2D eigenvalue weighted by Gasteiger charge is 2.57. The summed E-state index contributed by atoms with van der Waals surface area (Å²) in [4.78, 5) is 64.2. The molecule has 1 spiro atoms. The Hall–Kier alpha value is -4.40. The first-order valence-corrected chi connectivity index (χ1v) is 18.6. The number of aryl methyl sites for hydroxylation is 2. The molecule has 0 bridgehead atoms. The average Bonchev–Trinajstić information content (AvgIpc) is 3.97. The van der Waals surface area contributed by atoms with E-state index in [0.717, 1.165) is 17.7 Å². The monoisotopic (exact) mass is 709 g/mol. The predicted octanol–water partition coefficient (Wildman–Crippen LogP) is 4.21. The minimum Gasteiger partial charge on any atom is -0.466 e. The maximum Gasteiger partial charge on any atom is 0.405 e. The van der Waals surface area contributed by atoms with E-state index < -0.39 is 62.2 Å². The Morgan fingerprint density at radius 1 is 1.10 bits per heavy atom. The lowest BCUT2D eigenvalue weighted by Crippen LogP contribution is -2.60. The highest BCUT2D eigenvalue weighted by atomic mass is 32.2. The molecule has 13 nitrogen and oxygen atoms in total. The maximum absolute atomic E-state index is 14.4. The van der Waals surface area contributed by atoms with Crippen LogP contribution in [0.2, 0.25) is 0 Å². The summed E-state index contributed by atoms with van der Waals surface area (Å²) < 4.78 is 48.7. The van der Waals surface area contributed by atoms with E-state index in [4.69, 9.17) is 9.73 Å². The van der Waals surface area contributed by atoms with Gasteiger partial charge < -0.3 is 15.2 Å². The molecule has 3 aliphatic heterocycles. The predicted molar refractivity (Wildman–Crippen MR) is 179 cm³/mol. The zero-order valence-corrected chi connectivity index (χ0v) is 28.8. The molecule has 5 aliphatic rings. The number of pyridine rings is 1. The van der Waals surface area contributed by atoms with Gasteiger partial charge in [0.15, 0.2) is 11.5 Å². The summed E-state index contributed by atoms with van der Waals surface area (Å²) >= 11 is 0. The fourth-order valence-electron chi connectivity index (χ4n) is 7.61. The number of amides is 3. The van der Waals surface area contributed by atoms with E-state index in [1.165, 1.54) is 23.2 Å². The largest absolute Gasteiger partial charge is 0.466 e. The number of aromatic nitrogens is 1. The molecule has 0 unspecified atom stereocenters. The summed E-state index contributed by atoms with van der Waals surface area (Å²) in [7, 11) is -4.01. The van der Waals surface area contributed by atoms with E-state index in [9.17, 15) is 37.1 Å². The van der Waals surface area contributed by atoms with Crippen molar-refractivity contribution in [3.63, 3.8) is 0 Å². The van der Waals surface area contributed by atoms with E-state index >= 15 is 0 Å². The fraction of sp³-hybridized carbons (Fsp3) is 0.543. The number of halogens is 1. The van der Waals surface area contributed by atoms with Crippen LogP contribution in [0, 0.1) is 18.7 Å². The summed E-state index contributed by atoms with van der Waals surface area (Å²) in [5.41, 5.74) is 2.10. The van der Waals surface area contributed by atoms with Crippen molar-refractivity contribution < 1.29 is 41.8 Å². The summed E-state index contributed by atoms with van der Waals surface area (Å²) in [5, 5.41) is 12.4. The number of carboxylic acid groups (broad SMARTS) is 1. The molecule has 4 atom stereocenters. The van der Waals surface area contributed by atoms with E-state index in [0.29, 0.717) is 72.9 Å². The molecular formula is C35H40FN5O8S. The molecular weight excluding hydrogens is 669 g/mol. The second-order valence-electron chi connectivity index (χ2n) is 14.4. The van der Waals surface area contributed by atoms with Crippen molar-refractivity contribution in [2.75, 3.05) is 0 Å². The van der Waals surface area contributed by atoms with Crippen LogP contribution < -0.4 is 14.8 Å². The van der Waals surface area contributed by atoms with E-state index in [-0.39, 0.29) is 31.5 Å². The number of carbonyl (C=O) groups is 4. The third-order valence-corrected chi connectivity index (χ3v) is 13.1. The Bertz CT molecular complexity index is 1990.